The van der Waals surface area contributed by atoms with Gasteiger partial charge in [-0.25, -0.2) is 18.3 Å². The number of anilines is 1. The summed E-state index contributed by atoms with van der Waals surface area (Å²) in [7, 11) is 0. The van der Waals surface area contributed by atoms with Gasteiger partial charge in [0.2, 0.25) is 0 Å². The summed E-state index contributed by atoms with van der Waals surface area (Å²) in [5.41, 5.74) is -0.707. The van der Waals surface area contributed by atoms with Crippen molar-refractivity contribution < 1.29 is 31.5 Å². The van der Waals surface area contributed by atoms with Crippen LogP contribution >= 0.6 is 23.2 Å². The number of nitrogens with zero attached hydrogens (tertiary/aromatic N) is 3. The van der Waals surface area contributed by atoms with Crippen LogP contribution in [0.5, 0.6) is 0 Å². The summed E-state index contributed by atoms with van der Waals surface area (Å²) in [6.45, 7) is 0. The molecule has 0 radical (unpaired) electrons. The number of aromatic nitrogens is 3. The summed E-state index contributed by atoms with van der Waals surface area (Å²) in [5, 5.41) is 9.30. The lowest BCUT2D eigenvalue weighted by Crippen LogP contribution is -2.21. The molecule has 212 valence electrons. The predicted octanol–water partition coefficient (Wildman–Crippen LogP) is 7.09. The van der Waals surface area contributed by atoms with Crippen LogP contribution in [0.2, 0.25) is 10.0 Å². The van der Waals surface area contributed by atoms with Crippen molar-refractivity contribution in [1.82, 2.24) is 19.9 Å². The molecule has 3 heterocycles. The molecular formula is C28H14Cl2F5N5O2. The number of halogens is 7. The zero-order chi connectivity index (χ0) is 29.9. The van der Waals surface area contributed by atoms with Crippen LogP contribution in [0.15, 0.2) is 67.1 Å². The van der Waals surface area contributed by atoms with E-state index < -0.39 is 46.8 Å². The van der Waals surface area contributed by atoms with Gasteiger partial charge < -0.3 is 10.6 Å². The van der Waals surface area contributed by atoms with Crippen molar-refractivity contribution in [3.05, 3.63) is 117 Å². The van der Waals surface area contributed by atoms with E-state index in [0.29, 0.717) is 23.3 Å². The fourth-order valence-electron chi connectivity index (χ4n) is 4.81. The number of rotatable bonds is 4. The van der Waals surface area contributed by atoms with Gasteiger partial charge in [0.1, 0.15) is 18.0 Å². The lowest BCUT2D eigenvalue weighted by molar-refractivity contribution is -0.137. The van der Waals surface area contributed by atoms with Crippen LogP contribution in [0.25, 0.3) is 16.8 Å². The number of alkyl halides is 3. The van der Waals surface area contributed by atoms with Crippen LogP contribution in [0.4, 0.5) is 27.6 Å². The van der Waals surface area contributed by atoms with Crippen molar-refractivity contribution in [1.29, 1.82) is 0 Å². The maximum Gasteiger partial charge on any atom is 0.416 e. The molecule has 7 nitrogen and oxygen atoms in total. The molecule has 5 aromatic rings. The maximum atomic E-state index is 14.2. The molecule has 0 saturated carbocycles. The van der Waals surface area contributed by atoms with E-state index in [1.54, 1.807) is 18.3 Å². The molecule has 14 heteroatoms. The highest BCUT2D eigenvalue weighted by Gasteiger charge is 2.38. The summed E-state index contributed by atoms with van der Waals surface area (Å²) in [5.74, 6) is -3.72. The van der Waals surface area contributed by atoms with E-state index in [9.17, 15) is 31.5 Å². The molecule has 0 saturated heterocycles. The number of pyridine rings is 1. The largest absolute Gasteiger partial charge is 0.416 e. The third-order valence-corrected chi connectivity index (χ3v) is 7.42. The predicted molar refractivity (Wildman–Crippen MR) is 144 cm³/mol. The Labute approximate surface area is 242 Å². The summed E-state index contributed by atoms with van der Waals surface area (Å²) >= 11 is 13.1. The van der Waals surface area contributed by atoms with Gasteiger partial charge >= 0.3 is 6.18 Å². The van der Waals surface area contributed by atoms with Crippen molar-refractivity contribution in [2.75, 3.05) is 5.32 Å². The zero-order valence-electron chi connectivity index (χ0n) is 20.7. The average molecular weight is 618 g/mol. The average Bonchev–Trinajstić information content (AvgIpc) is 3.55. The van der Waals surface area contributed by atoms with Gasteiger partial charge in [-0.1, -0.05) is 23.2 Å². The lowest BCUT2D eigenvalue weighted by atomic mass is 9.92. The van der Waals surface area contributed by atoms with E-state index in [4.69, 9.17) is 23.2 Å². The van der Waals surface area contributed by atoms with Crippen LogP contribution in [0.1, 0.15) is 43.4 Å². The van der Waals surface area contributed by atoms with Crippen LogP contribution in [0.3, 0.4) is 0 Å². The smallest absolute Gasteiger partial charge is 0.341 e. The quantitative estimate of drug-likeness (QED) is 0.211. The van der Waals surface area contributed by atoms with Crippen LogP contribution < -0.4 is 10.6 Å². The summed E-state index contributed by atoms with van der Waals surface area (Å²) in [6.07, 6.45) is -2.02. The van der Waals surface area contributed by atoms with E-state index >= 15 is 0 Å². The Morgan fingerprint density at radius 1 is 1.00 bits per heavy atom. The summed E-state index contributed by atoms with van der Waals surface area (Å²) in [4.78, 5) is 30.6. The van der Waals surface area contributed by atoms with Crippen molar-refractivity contribution in [3.63, 3.8) is 0 Å². The highest BCUT2D eigenvalue weighted by molar-refractivity contribution is 6.37. The Bertz CT molecular complexity index is 1940. The molecule has 0 bridgehead atoms. The Hall–Kier alpha value is -4.55. The highest BCUT2D eigenvalue weighted by Crippen LogP contribution is 2.46. The Kier molecular flexibility index (Phi) is 6.62. The molecule has 6 rings (SSSR count). The number of benzene rings is 3. The Morgan fingerprint density at radius 3 is 2.55 bits per heavy atom. The molecule has 0 fully saturated rings. The van der Waals surface area contributed by atoms with Gasteiger partial charge in [0, 0.05) is 44.7 Å². The second-order valence-corrected chi connectivity index (χ2v) is 10.1. The molecule has 0 spiro atoms. The Morgan fingerprint density at radius 2 is 1.79 bits per heavy atom. The minimum absolute atomic E-state index is 0.0277. The Balaban J connectivity index is 1.55. The van der Waals surface area contributed by atoms with Gasteiger partial charge in [0.05, 0.1) is 22.2 Å². The zero-order valence-corrected chi connectivity index (χ0v) is 22.2. The number of hydrogen-bond donors (Lipinski definition) is 2. The van der Waals surface area contributed by atoms with E-state index in [1.807, 2.05) is 0 Å². The number of amides is 2. The van der Waals surface area contributed by atoms with Gasteiger partial charge in [-0.2, -0.15) is 18.3 Å². The van der Waals surface area contributed by atoms with Gasteiger partial charge in [0.25, 0.3) is 11.8 Å². The van der Waals surface area contributed by atoms with Crippen molar-refractivity contribution in [2.24, 2.45) is 0 Å². The third kappa shape index (κ3) is 4.82. The topological polar surface area (TPSA) is 88.4 Å². The fourth-order valence-corrected chi connectivity index (χ4v) is 5.39. The molecule has 3 aromatic carbocycles. The number of fused-ring (bicyclic) bond motifs is 2. The van der Waals surface area contributed by atoms with E-state index in [-0.39, 0.29) is 44.1 Å². The number of hydrogen-bond acceptors (Lipinski definition) is 4. The molecule has 1 atom stereocenters. The van der Waals surface area contributed by atoms with Crippen molar-refractivity contribution >= 4 is 46.4 Å². The second-order valence-electron chi connectivity index (χ2n) is 9.31. The SMILES string of the molecule is O=C(Nc1cc(-c2ccc3ncnn3c2)c(Cl)c2c1C(c1cc(F)ccc1Cl)NC2=O)c1cc(F)cc(C(F)(F)F)c1. The van der Waals surface area contributed by atoms with Gasteiger partial charge in [-0.3, -0.25) is 9.59 Å². The molecule has 0 aliphatic carbocycles. The molecule has 2 amide bonds. The summed E-state index contributed by atoms with van der Waals surface area (Å²) in [6, 6.07) is 8.47. The van der Waals surface area contributed by atoms with E-state index in [1.165, 1.54) is 23.0 Å². The first kappa shape index (κ1) is 27.6. The molecule has 1 unspecified atom stereocenters. The maximum absolute atomic E-state index is 14.2. The lowest BCUT2D eigenvalue weighted by Gasteiger charge is -2.20. The van der Waals surface area contributed by atoms with Gasteiger partial charge in [-0.15, -0.1) is 0 Å². The third-order valence-electron chi connectivity index (χ3n) is 6.68. The van der Waals surface area contributed by atoms with Gasteiger partial charge in [0.15, 0.2) is 5.65 Å². The first-order chi connectivity index (χ1) is 19.9. The monoisotopic (exact) mass is 617 g/mol. The van der Waals surface area contributed by atoms with Crippen LogP contribution in [0, 0.1) is 11.6 Å². The van der Waals surface area contributed by atoms with Crippen LogP contribution in [-0.4, -0.2) is 26.4 Å². The molecule has 42 heavy (non-hydrogen) atoms. The minimum Gasteiger partial charge on any atom is -0.341 e. The van der Waals surface area contributed by atoms with Crippen LogP contribution in [-0.2, 0) is 6.18 Å². The summed E-state index contributed by atoms with van der Waals surface area (Å²) < 4.78 is 69.8. The standard InChI is InChI=1S/C28H14Cl2F5N5O2/c29-19-3-2-15(31)8-18(19)25-22-20(38-26(41)13-5-14(28(33,34)35)7-16(32)6-13)9-17(24(30)23(22)27(42)39-25)12-1-4-21-36-11-37-40(21)10-12/h1-11,25H,(H,38,41)(H,39,42). The molecule has 2 N–H and O–H groups in total. The fraction of sp³-hybridized carbons (Fsp3) is 0.0714. The number of nitrogens with one attached hydrogen (secondary N) is 2. The van der Waals surface area contributed by atoms with Gasteiger partial charge in [-0.05, 0) is 54.6 Å². The second kappa shape index (κ2) is 10.1. The first-order valence-electron chi connectivity index (χ1n) is 12.0. The molecule has 1 aliphatic rings. The minimum atomic E-state index is -4.92. The molecule has 1 aliphatic heterocycles. The number of carbonyl (C=O) groups is 2. The molecule has 2 aromatic heterocycles. The highest BCUT2D eigenvalue weighted by atomic mass is 35.5. The van der Waals surface area contributed by atoms with E-state index in [0.717, 1.165) is 12.1 Å². The molecular weight excluding hydrogens is 604 g/mol. The first-order valence-corrected chi connectivity index (χ1v) is 12.8. The number of carbonyl (C=O) groups excluding carboxylic acids is 2. The van der Waals surface area contributed by atoms with Crippen molar-refractivity contribution in [3.8, 4) is 11.1 Å². The normalized spacial score (nSPS) is 14.6. The van der Waals surface area contributed by atoms with E-state index in [2.05, 4.69) is 20.7 Å². The van der Waals surface area contributed by atoms with Crippen molar-refractivity contribution in [2.45, 2.75) is 12.2 Å².